The zero-order valence-electron chi connectivity index (χ0n) is 19.1. The van der Waals surface area contributed by atoms with Crippen molar-refractivity contribution in [1.29, 1.82) is 0 Å². The first-order chi connectivity index (χ1) is 15.9. The monoisotopic (exact) mass is 456 g/mol. The van der Waals surface area contributed by atoms with Gasteiger partial charge in [-0.3, -0.25) is 9.59 Å². The molecule has 0 radical (unpaired) electrons. The molecule has 33 heavy (non-hydrogen) atoms. The van der Waals surface area contributed by atoms with E-state index in [4.69, 9.17) is 4.74 Å². The molecule has 2 aromatic carbocycles. The normalized spacial score (nSPS) is 22.4. The summed E-state index contributed by atoms with van der Waals surface area (Å²) in [5.41, 5.74) is 2.95. The number of aliphatic hydroxyl groups excluding tert-OH is 3. The van der Waals surface area contributed by atoms with Crippen molar-refractivity contribution in [3.8, 4) is 0 Å². The zero-order valence-corrected chi connectivity index (χ0v) is 19.1. The van der Waals surface area contributed by atoms with Crippen molar-refractivity contribution in [2.45, 2.75) is 30.8 Å². The topological polar surface area (TPSA) is 128 Å². The minimum atomic E-state index is -1.09. The van der Waals surface area contributed by atoms with E-state index in [0.717, 1.165) is 5.56 Å². The first-order valence-electron chi connectivity index (χ1n) is 10.7. The van der Waals surface area contributed by atoms with Crippen LogP contribution in [0.5, 0.6) is 0 Å². The molecule has 8 nitrogen and oxygen atoms in total. The number of aldehydes is 1. The third-order valence-corrected chi connectivity index (χ3v) is 5.06. The molecule has 3 rings (SSSR count). The Labute approximate surface area is 193 Å². The largest absolute Gasteiger partial charge is 0.394 e. The van der Waals surface area contributed by atoms with Gasteiger partial charge in [-0.1, -0.05) is 30.4 Å². The third kappa shape index (κ3) is 7.31. The molecule has 5 N–H and O–H groups in total. The average molecular weight is 457 g/mol. The molecule has 1 aliphatic heterocycles. The minimum Gasteiger partial charge on any atom is -0.394 e. The van der Waals surface area contributed by atoms with Crippen LogP contribution in [0.15, 0.2) is 42.5 Å². The van der Waals surface area contributed by atoms with Crippen molar-refractivity contribution in [2.24, 2.45) is 0 Å². The van der Waals surface area contributed by atoms with Gasteiger partial charge in [0.1, 0.15) is 18.5 Å². The van der Waals surface area contributed by atoms with Crippen molar-refractivity contribution in [3.63, 3.8) is 0 Å². The van der Waals surface area contributed by atoms with E-state index in [0.29, 0.717) is 28.5 Å². The van der Waals surface area contributed by atoms with Gasteiger partial charge in [0.05, 0.1) is 18.8 Å². The third-order valence-electron chi connectivity index (χ3n) is 5.06. The van der Waals surface area contributed by atoms with Crippen molar-refractivity contribution < 1.29 is 29.6 Å². The van der Waals surface area contributed by atoms with Gasteiger partial charge in [0.15, 0.2) is 0 Å². The first kappa shape index (κ1) is 26.4. The fraction of sp³-hybridized carbons (Fsp3) is 0.360. The van der Waals surface area contributed by atoms with E-state index in [2.05, 4.69) is 10.6 Å². The number of carbonyl (C=O) groups is 2. The van der Waals surface area contributed by atoms with E-state index in [1.807, 2.05) is 32.3 Å². The lowest BCUT2D eigenvalue weighted by atomic mass is 9.92. The Bertz CT molecular complexity index is 962. The van der Waals surface area contributed by atoms with Crippen molar-refractivity contribution >= 4 is 24.3 Å². The van der Waals surface area contributed by atoms with Crippen LogP contribution in [0.3, 0.4) is 0 Å². The number of hydrogen-bond donors (Lipinski definition) is 5. The number of aliphatic hydroxyl groups is 3. The first-order valence-corrected chi connectivity index (χ1v) is 10.7. The van der Waals surface area contributed by atoms with Crippen LogP contribution in [0.1, 0.15) is 49.9 Å². The van der Waals surface area contributed by atoms with Crippen LogP contribution in [-0.4, -0.2) is 73.6 Å². The minimum absolute atomic E-state index is 0.175. The number of nitrogens with one attached hydrogen (secondary N) is 2. The van der Waals surface area contributed by atoms with Gasteiger partial charge in [0.2, 0.25) is 0 Å². The van der Waals surface area contributed by atoms with Crippen LogP contribution in [0.25, 0.3) is 12.2 Å². The number of rotatable bonds is 6. The summed E-state index contributed by atoms with van der Waals surface area (Å²) in [6, 6.07) is 12.2. The van der Waals surface area contributed by atoms with Crippen LogP contribution >= 0.6 is 0 Å². The Morgan fingerprint density at radius 3 is 2.36 bits per heavy atom. The molecule has 0 spiro atoms. The Balaban J connectivity index is 0.00000122. The summed E-state index contributed by atoms with van der Waals surface area (Å²) in [5.74, 6) is -0.282. The molecule has 4 atom stereocenters. The van der Waals surface area contributed by atoms with E-state index in [-0.39, 0.29) is 18.9 Å². The lowest BCUT2D eigenvalue weighted by molar-refractivity contribution is -0.179. The molecule has 0 bridgehead atoms. The number of carbonyl (C=O) groups excluding carboxylic acids is 2. The molecule has 178 valence electrons. The Hall–Kier alpha value is -2.88. The maximum absolute atomic E-state index is 11.9. The molecule has 1 aliphatic rings. The Morgan fingerprint density at radius 2 is 1.73 bits per heavy atom. The number of ether oxygens (including phenoxy) is 1. The summed E-state index contributed by atoms with van der Waals surface area (Å²) >= 11 is 0. The molecular formula is C25H32N2O6. The van der Waals surface area contributed by atoms with Crippen LogP contribution in [0, 0.1) is 0 Å². The quantitative estimate of drug-likeness (QED) is 0.328. The zero-order chi connectivity index (χ0) is 24.4. The van der Waals surface area contributed by atoms with Gasteiger partial charge in [-0.25, -0.2) is 0 Å². The summed E-state index contributed by atoms with van der Waals surface area (Å²) in [6.45, 7) is -0.235. The highest BCUT2D eigenvalue weighted by molar-refractivity contribution is 5.96. The molecule has 0 saturated carbocycles. The molecular weight excluding hydrogens is 424 g/mol. The SMILES string of the molecule is CNC.CNC(=O)c1cc(C=O)cc(/C=C/c2cccc([C@H]3OC(CO)CC(O)C3O)c2)c1. The Kier molecular flexibility index (Phi) is 10.4. The molecule has 1 fully saturated rings. The highest BCUT2D eigenvalue weighted by atomic mass is 16.5. The van der Waals surface area contributed by atoms with Crippen LogP contribution in [0.4, 0.5) is 0 Å². The van der Waals surface area contributed by atoms with Crippen molar-refractivity contribution in [1.82, 2.24) is 10.6 Å². The molecule has 1 saturated heterocycles. The van der Waals surface area contributed by atoms with Gasteiger partial charge in [0, 0.05) is 24.6 Å². The standard InChI is InChI=1S/C23H25NO6.C2H7N/c1-24-23(29)18-9-15(7-16(10-18)12-25)6-5-14-3-2-4-17(8-14)22-21(28)20(27)11-19(13-26)30-22;1-3-2/h2-10,12,19-22,26-28H,11,13H2,1H3,(H,24,29);3H,1-2H3/b6-5+;/t19?,20?,21?,22-;/m1./s1. The molecule has 0 aliphatic carbocycles. The Morgan fingerprint density at radius 1 is 1.06 bits per heavy atom. The number of hydrogen-bond acceptors (Lipinski definition) is 7. The molecule has 8 heteroatoms. The van der Waals surface area contributed by atoms with Gasteiger partial charge in [-0.05, 0) is 55.1 Å². The maximum atomic E-state index is 11.9. The van der Waals surface area contributed by atoms with Gasteiger partial charge in [0.25, 0.3) is 5.91 Å². The molecule has 1 heterocycles. The second kappa shape index (κ2) is 13.0. The summed E-state index contributed by atoms with van der Waals surface area (Å²) in [4.78, 5) is 23.1. The molecule has 3 unspecified atom stereocenters. The molecule has 2 aromatic rings. The summed E-state index contributed by atoms with van der Waals surface area (Å²) in [6.07, 6.45) is 1.10. The van der Waals surface area contributed by atoms with E-state index >= 15 is 0 Å². The van der Waals surface area contributed by atoms with Crippen molar-refractivity contribution in [2.75, 3.05) is 27.7 Å². The predicted molar refractivity (Wildman–Crippen MR) is 127 cm³/mol. The van der Waals surface area contributed by atoms with Gasteiger partial charge < -0.3 is 30.7 Å². The lowest BCUT2D eigenvalue weighted by Gasteiger charge is -2.36. The van der Waals surface area contributed by atoms with Gasteiger partial charge in [-0.15, -0.1) is 0 Å². The smallest absolute Gasteiger partial charge is 0.251 e. The fourth-order valence-electron chi connectivity index (χ4n) is 3.50. The highest BCUT2D eigenvalue weighted by Gasteiger charge is 2.37. The highest BCUT2D eigenvalue weighted by Crippen LogP contribution is 2.32. The van der Waals surface area contributed by atoms with E-state index in [1.54, 1.807) is 30.3 Å². The van der Waals surface area contributed by atoms with Crippen LogP contribution < -0.4 is 10.6 Å². The summed E-state index contributed by atoms with van der Waals surface area (Å²) in [5, 5.41) is 35.0. The number of amides is 1. The van der Waals surface area contributed by atoms with Crippen LogP contribution in [0.2, 0.25) is 0 Å². The van der Waals surface area contributed by atoms with Crippen molar-refractivity contribution in [3.05, 3.63) is 70.3 Å². The molecule has 0 aromatic heterocycles. The number of benzene rings is 2. The summed E-state index contributed by atoms with van der Waals surface area (Å²) in [7, 11) is 5.27. The van der Waals surface area contributed by atoms with Gasteiger partial charge in [-0.2, -0.15) is 0 Å². The molecule has 1 amide bonds. The van der Waals surface area contributed by atoms with Crippen LogP contribution in [-0.2, 0) is 4.74 Å². The summed E-state index contributed by atoms with van der Waals surface area (Å²) < 4.78 is 5.74. The predicted octanol–water partition coefficient (Wildman–Crippen LogP) is 1.41. The average Bonchev–Trinajstić information content (AvgIpc) is 2.84. The van der Waals surface area contributed by atoms with E-state index < -0.39 is 24.4 Å². The van der Waals surface area contributed by atoms with E-state index in [1.165, 1.54) is 13.1 Å². The van der Waals surface area contributed by atoms with E-state index in [9.17, 15) is 24.9 Å². The maximum Gasteiger partial charge on any atom is 0.251 e. The fourth-order valence-corrected chi connectivity index (χ4v) is 3.50. The lowest BCUT2D eigenvalue weighted by Crippen LogP contribution is -2.44. The second-order valence-electron chi connectivity index (χ2n) is 7.74. The second-order valence-corrected chi connectivity index (χ2v) is 7.74. The van der Waals surface area contributed by atoms with Gasteiger partial charge >= 0.3 is 0 Å².